The zero-order valence-electron chi connectivity index (χ0n) is 15.6. The molecule has 0 aromatic carbocycles. The van der Waals surface area contributed by atoms with Gasteiger partial charge in [0.2, 0.25) is 0 Å². The van der Waals surface area contributed by atoms with Crippen molar-refractivity contribution in [3.8, 4) is 0 Å². The molecule has 0 rings (SSSR count). The Hall–Kier alpha value is -0.810. The molecule has 0 bridgehead atoms. The summed E-state index contributed by atoms with van der Waals surface area (Å²) in [5, 5.41) is 6.72. The van der Waals surface area contributed by atoms with Gasteiger partial charge in [0.25, 0.3) is 0 Å². The average molecular weight is 315 g/mol. The van der Waals surface area contributed by atoms with E-state index in [0.717, 1.165) is 58.3 Å². The van der Waals surface area contributed by atoms with Gasteiger partial charge in [0.05, 0.1) is 6.10 Å². The number of guanidine groups is 1. The van der Waals surface area contributed by atoms with Crippen LogP contribution < -0.4 is 10.6 Å². The molecule has 0 saturated carbocycles. The zero-order chi connectivity index (χ0) is 16.8. The second kappa shape index (κ2) is 13.8. The van der Waals surface area contributed by atoms with Gasteiger partial charge < -0.3 is 20.3 Å². The first-order valence-electron chi connectivity index (χ1n) is 8.94. The molecule has 1 atom stereocenters. The van der Waals surface area contributed by atoms with Gasteiger partial charge in [0.1, 0.15) is 0 Å². The van der Waals surface area contributed by atoms with E-state index in [2.05, 4.69) is 62.1 Å². The van der Waals surface area contributed by atoms with E-state index in [1.807, 2.05) is 0 Å². The van der Waals surface area contributed by atoms with Gasteiger partial charge in [-0.05, 0) is 39.3 Å². The first-order chi connectivity index (χ1) is 10.6. The van der Waals surface area contributed by atoms with Crippen molar-refractivity contribution in [2.75, 3.05) is 45.9 Å². The normalized spacial score (nSPS) is 13.7. The van der Waals surface area contributed by atoms with E-state index < -0.39 is 0 Å². The van der Waals surface area contributed by atoms with Gasteiger partial charge in [0.15, 0.2) is 5.96 Å². The van der Waals surface area contributed by atoms with Crippen LogP contribution in [-0.4, -0.2) is 62.8 Å². The van der Waals surface area contributed by atoms with Crippen LogP contribution in [0.15, 0.2) is 4.99 Å². The van der Waals surface area contributed by atoms with Crippen molar-refractivity contribution in [2.45, 2.75) is 54.1 Å². The van der Waals surface area contributed by atoms with Crippen molar-refractivity contribution in [3.63, 3.8) is 0 Å². The van der Waals surface area contributed by atoms with Gasteiger partial charge in [-0.1, -0.05) is 27.7 Å². The molecule has 0 saturated heterocycles. The van der Waals surface area contributed by atoms with E-state index in [0.29, 0.717) is 12.0 Å². The summed E-state index contributed by atoms with van der Waals surface area (Å²) >= 11 is 0. The predicted molar refractivity (Wildman–Crippen MR) is 96.6 cm³/mol. The summed E-state index contributed by atoms with van der Waals surface area (Å²) in [6, 6.07) is 0. The van der Waals surface area contributed by atoms with Crippen LogP contribution in [0.2, 0.25) is 0 Å². The fourth-order valence-electron chi connectivity index (χ4n) is 2.34. The fraction of sp³-hybridized carbons (Fsp3) is 0.941. The third-order valence-corrected chi connectivity index (χ3v) is 3.77. The Morgan fingerprint density at radius 2 is 1.77 bits per heavy atom. The maximum Gasteiger partial charge on any atom is 0.191 e. The van der Waals surface area contributed by atoms with Crippen LogP contribution in [0.1, 0.15) is 48.0 Å². The number of hydrogen-bond acceptors (Lipinski definition) is 3. The van der Waals surface area contributed by atoms with Crippen LogP contribution in [0.25, 0.3) is 0 Å². The molecule has 0 amide bonds. The predicted octanol–water partition coefficient (Wildman–Crippen LogP) is 2.33. The van der Waals surface area contributed by atoms with Crippen LogP contribution in [0.5, 0.6) is 0 Å². The van der Waals surface area contributed by atoms with E-state index in [1.54, 1.807) is 0 Å². The molecule has 132 valence electrons. The Morgan fingerprint density at radius 3 is 2.27 bits per heavy atom. The molecule has 2 N–H and O–H groups in total. The molecule has 0 aliphatic rings. The second-order valence-electron chi connectivity index (χ2n) is 5.74. The topological polar surface area (TPSA) is 48.9 Å². The number of nitrogens with zero attached hydrogens (tertiary/aromatic N) is 2. The minimum absolute atomic E-state index is 0.298. The maximum absolute atomic E-state index is 5.77. The van der Waals surface area contributed by atoms with Crippen molar-refractivity contribution in [3.05, 3.63) is 0 Å². The van der Waals surface area contributed by atoms with Crippen LogP contribution >= 0.6 is 0 Å². The Labute approximate surface area is 137 Å². The summed E-state index contributed by atoms with van der Waals surface area (Å²) in [5.41, 5.74) is 0. The number of aliphatic imine (C=N–C) groups is 1. The Morgan fingerprint density at radius 1 is 1.09 bits per heavy atom. The van der Waals surface area contributed by atoms with Crippen molar-refractivity contribution in [1.29, 1.82) is 0 Å². The van der Waals surface area contributed by atoms with Gasteiger partial charge in [-0.15, -0.1) is 0 Å². The largest absolute Gasteiger partial charge is 0.378 e. The van der Waals surface area contributed by atoms with Gasteiger partial charge in [0, 0.05) is 32.8 Å². The van der Waals surface area contributed by atoms with Gasteiger partial charge in [-0.3, -0.25) is 4.99 Å². The number of nitrogens with one attached hydrogen (secondary N) is 2. The summed E-state index contributed by atoms with van der Waals surface area (Å²) in [6.45, 7) is 19.6. The minimum Gasteiger partial charge on any atom is -0.378 e. The van der Waals surface area contributed by atoms with Gasteiger partial charge in [-0.2, -0.15) is 0 Å². The molecule has 1 unspecified atom stereocenters. The highest BCUT2D eigenvalue weighted by Crippen LogP contribution is 2.10. The van der Waals surface area contributed by atoms with Crippen LogP contribution in [0.3, 0.4) is 0 Å². The van der Waals surface area contributed by atoms with E-state index in [9.17, 15) is 0 Å². The molecule has 0 aromatic rings. The molecular formula is C17H38N4O. The molecule has 0 aliphatic heterocycles. The molecule has 5 nitrogen and oxygen atoms in total. The number of ether oxygens (including phenoxy) is 1. The average Bonchev–Trinajstić information content (AvgIpc) is 2.50. The highest BCUT2D eigenvalue weighted by molar-refractivity contribution is 5.79. The first-order valence-corrected chi connectivity index (χ1v) is 8.94. The molecule has 22 heavy (non-hydrogen) atoms. The third kappa shape index (κ3) is 10.0. The lowest BCUT2D eigenvalue weighted by molar-refractivity contribution is 0.0266. The first kappa shape index (κ1) is 21.2. The molecular weight excluding hydrogens is 276 g/mol. The third-order valence-electron chi connectivity index (χ3n) is 3.77. The highest BCUT2D eigenvalue weighted by atomic mass is 16.5. The molecule has 5 heteroatoms. The lowest BCUT2D eigenvalue weighted by atomic mass is 10.0. The summed E-state index contributed by atoms with van der Waals surface area (Å²) in [5.74, 6) is 1.45. The van der Waals surface area contributed by atoms with Crippen LogP contribution in [-0.2, 0) is 4.74 Å². The number of rotatable bonds is 12. The van der Waals surface area contributed by atoms with E-state index in [-0.39, 0.29) is 0 Å². The zero-order valence-corrected chi connectivity index (χ0v) is 15.6. The van der Waals surface area contributed by atoms with Crippen molar-refractivity contribution < 1.29 is 4.74 Å². The molecule has 0 aliphatic carbocycles. The fourth-order valence-corrected chi connectivity index (χ4v) is 2.34. The lowest BCUT2D eigenvalue weighted by Crippen LogP contribution is -2.41. The van der Waals surface area contributed by atoms with Crippen LogP contribution in [0, 0.1) is 5.92 Å². The Bertz CT molecular complexity index is 278. The van der Waals surface area contributed by atoms with Crippen molar-refractivity contribution >= 4 is 5.96 Å². The second-order valence-corrected chi connectivity index (χ2v) is 5.74. The van der Waals surface area contributed by atoms with Crippen molar-refractivity contribution in [2.24, 2.45) is 10.9 Å². The maximum atomic E-state index is 5.77. The van der Waals surface area contributed by atoms with Gasteiger partial charge >= 0.3 is 0 Å². The molecule has 0 heterocycles. The van der Waals surface area contributed by atoms with Crippen LogP contribution in [0.4, 0.5) is 0 Å². The minimum atomic E-state index is 0.298. The monoisotopic (exact) mass is 314 g/mol. The van der Waals surface area contributed by atoms with E-state index >= 15 is 0 Å². The summed E-state index contributed by atoms with van der Waals surface area (Å²) in [4.78, 5) is 7.07. The Balaban J connectivity index is 4.23. The molecule has 0 radical (unpaired) electrons. The van der Waals surface area contributed by atoms with Gasteiger partial charge in [-0.25, -0.2) is 0 Å². The molecule has 0 spiro atoms. The molecule has 0 aromatic heterocycles. The standard InChI is InChI=1S/C17H38N4O/c1-7-18-17(20-13-14-21(8-2)9-3)19-12-11-16(15(5)6)22-10-4/h15-16H,7-14H2,1-6H3,(H2,18,19,20). The summed E-state index contributed by atoms with van der Waals surface area (Å²) in [6.07, 6.45) is 1.27. The number of hydrogen-bond donors (Lipinski definition) is 2. The van der Waals surface area contributed by atoms with Crippen molar-refractivity contribution in [1.82, 2.24) is 15.5 Å². The summed E-state index contributed by atoms with van der Waals surface area (Å²) in [7, 11) is 0. The Kier molecular flexibility index (Phi) is 13.3. The SMILES string of the molecule is CCNC(=NCCC(OCC)C(C)C)NCCN(CC)CC. The highest BCUT2D eigenvalue weighted by Gasteiger charge is 2.12. The number of likely N-dealkylation sites (N-methyl/N-ethyl adjacent to an activating group) is 1. The quantitative estimate of drug-likeness (QED) is 0.429. The lowest BCUT2D eigenvalue weighted by Gasteiger charge is -2.21. The van der Waals surface area contributed by atoms with E-state index in [1.165, 1.54) is 0 Å². The summed E-state index contributed by atoms with van der Waals surface area (Å²) < 4.78 is 5.77. The molecule has 0 fully saturated rings. The smallest absolute Gasteiger partial charge is 0.191 e. The van der Waals surface area contributed by atoms with E-state index in [4.69, 9.17) is 4.74 Å².